The van der Waals surface area contributed by atoms with Gasteiger partial charge in [0.05, 0.1) is 7.11 Å². The first kappa shape index (κ1) is 12.4. The lowest BCUT2D eigenvalue weighted by atomic mass is 9.83. The van der Waals surface area contributed by atoms with Crippen LogP contribution in [-0.4, -0.2) is 25.1 Å². The van der Waals surface area contributed by atoms with Gasteiger partial charge in [-0.1, -0.05) is 0 Å². The van der Waals surface area contributed by atoms with E-state index in [1.807, 2.05) is 0 Å². The molecule has 0 radical (unpaired) electrons. The van der Waals surface area contributed by atoms with Gasteiger partial charge >= 0.3 is 5.97 Å². The number of carbonyl (C=O) groups excluding carboxylic acids is 2. The summed E-state index contributed by atoms with van der Waals surface area (Å²) in [5.74, 6) is -0.842. The van der Waals surface area contributed by atoms with Gasteiger partial charge in [-0.3, -0.25) is 9.59 Å². The van der Waals surface area contributed by atoms with E-state index in [9.17, 15) is 9.59 Å². The van der Waals surface area contributed by atoms with Crippen molar-refractivity contribution >= 4 is 18.0 Å². The molecule has 3 N–H and O–H groups in total. The minimum atomic E-state index is -0.510. The molecular weight excluding hydrogens is 208 g/mol. The highest BCUT2D eigenvalue weighted by atomic mass is 16.5. The minimum Gasteiger partial charge on any atom is -0.469 e. The SMILES string of the molecule is COC(=O)CC(=O)C1CCC(N)=C(C=N)C1. The van der Waals surface area contributed by atoms with E-state index in [2.05, 4.69) is 4.74 Å². The maximum absolute atomic E-state index is 11.7. The molecule has 5 heteroatoms. The monoisotopic (exact) mass is 224 g/mol. The van der Waals surface area contributed by atoms with Crippen LogP contribution in [0.15, 0.2) is 11.3 Å². The van der Waals surface area contributed by atoms with E-state index in [4.69, 9.17) is 11.1 Å². The Bertz CT molecular complexity index is 347. The number of hydrogen-bond acceptors (Lipinski definition) is 5. The second kappa shape index (κ2) is 5.44. The van der Waals surface area contributed by atoms with Crippen molar-refractivity contribution in [2.24, 2.45) is 11.7 Å². The van der Waals surface area contributed by atoms with E-state index in [0.717, 1.165) is 0 Å². The Labute approximate surface area is 94.2 Å². The number of esters is 1. The van der Waals surface area contributed by atoms with Crippen LogP contribution in [0, 0.1) is 11.3 Å². The van der Waals surface area contributed by atoms with Gasteiger partial charge in [0.25, 0.3) is 0 Å². The molecule has 1 atom stereocenters. The number of ketones is 1. The first-order valence-corrected chi connectivity index (χ1v) is 5.16. The van der Waals surface area contributed by atoms with Crippen LogP contribution >= 0.6 is 0 Å². The van der Waals surface area contributed by atoms with E-state index < -0.39 is 5.97 Å². The van der Waals surface area contributed by atoms with Crippen LogP contribution in [0.5, 0.6) is 0 Å². The van der Waals surface area contributed by atoms with Crippen LogP contribution in [0.3, 0.4) is 0 Å². The van der Waals surface area contributed by atoms with Gasteiger partial charge in [-0.05, 0) is 24.8 Å². The zero-order valence-corrected chi connectivity index (χ0v) is 9.29. The van der Waals surface area contributed by atoms with Gasteiger partial charge in [-0.15, -0.1) is 0 Å². The minimum absolute atomic E-state index is 0.126. The zero-order chi connectivity index (χ0) is 12.1. The molecule has 88 valence electrons. The summed E-state index contributed by atoms with van der Waals surface area (Å²) >= 11 is 0. The molecule has 0 aliphatic heterocycles. The highest BCUT2D eigenvalue weighted by molar-refractivity contribution is 5.97. The Morgan fingerprint density at radius 1 is 1.62 bits per heavy atom. The van der Waals surface area contributed by atoms with Crippen molar-refractivity contribution in [1.82, 2.24) is 0 Å². The molecule has 1 aliphatic rings. The summed E-state index contributed by atoms with van der Waals surface area (Å²) in [5.41, 5.74) is 7.09. The molecule has 0 spiro atoms. The fourth-order valence-corrected chi connectivity index (χ4v) is 1.77. The van der Waals surface area contributed by atoms with E-state index in [1.54, 1.807) is 0 Å². The van der Waals surface area contributed by atoms with Crippen LogP contribution in [0.1, 0.15) is 25.7 Å². The van der Waals surface area contributed by atoms with Gasteiger partial charge in [-0.2, -0.15) is 0 Å². The molecule has 0 heterocycles. The Hall–Kier alpha value is -1.65. The van der Waals surface area contributed by atoms with Crippen molar-refractivity contribution in [2.75, 3.05) is 7.11 Å². The molecule has 0 aromatic carbocycles. The summed E-state index contributed by atoms with van der Waals surface area (Å²) in [7, 11) is 1.26. The molecule has 1 aliphatic carbocycles. The van der Waals surface area contributed by atoms with Gasteiger partial charge in [0.2, 0.25) is 0 Å². The lowest BCUT2D eigenvalue weighted by molar-refractivity contribution is -0.144. The molecule has 1 rings (SSSR count). The van der Waals surface area contributed by atoms with Crippen LogP contribution in [0.4, 0.5) is 0 Å². The van der Waals surface area contributed by atoms with Crippen LogP contribution < -0.4 is 5.73 Å². The number of nitrogens with one attached hydrogen (secondary N) is 1. The number of nitrogens with two attached hydrogens (primary N) is 1. The average Bonchev–Trinajstić information content (AvgIpc) is 2.29. The molecule has 16 heavy (non-hydrogen) atoms. The van der Waals surface area contributed by atoms with Crippen LogP contribution in [-0.2, 0) is 14.3 Å². The lowest BCUT2D eigenvalue weighted by Crippen LogP contribution is -2.24. The molecule has 0 saturated carbocycles. The Balaban J connectivity index is 2.61. The third-order valence-electron chi connectivity index (χ3n) is 2.82. The van der Waals surface area contributed by atoms with Gasteiger partial charge in [-0.25, -0.2) is 0 Å². The summed E-state index contributed by atoms with van der Waals surface area (Å²) in [6.45, 7) is 0. The molecule has 0 bridgehead atoms. The van der Waals surface area contributed by atoms with Gasteiger partial charge in [0, 0.05) is 17.8 Å². The summed E-state index contributed by atoms with van der Waals surface area (Å²) in [6.07, 6.45) is 2.73. The molecule has 0 fully saturated rings. The topological polar surface area (TPSA) is 93.2 Å². The predicted molar refractivity (Wildman–Crippen MR) is 59.0 cm³/mol. The standard InChI is InChI=1S/C11H16N2O3/c1-16-11(15)5-10(14)7-2-3-9(13)8(4-7)6-12/h6-7,12H,2-5,13H2,1H3. The van der Waals surface area contributed by atoms with Crippen molar-refractivity contribution in [1.29, 1.82) is 5.41 Å². The maximum atomic E-state index is 11.7. The van der Waals surface area contributed by atoms with E-state index in [1.165, 1.54) is 13.3 Å². The first-order valence-electron chi connectivity index (χ1n) is 5.16. The summed E-state index contributed by atoms with van der Waals surface area (Å²) in [6, 6.07) is 0. The fraction of sp³-hybridized carbons (Fsp3) is 0.545. The average molecular weight is 224 g/mol. The number of ether oxygens (including phenoxy) is 1. The molecule has 0 aromatic rings. The zero-order valence-electron chi connectivity index (χ0n) is 9.29. The number of methoxy groups -OCH3 is 1. The highest BCUT2D eigenvalue weighted by Crippen LogP contribution is 2.27. The summed E-state index contributed by atoms with van der Waals surface area (Å²) in [5, 5.41) is 7.17. The van der Waals surface area contributed by atoms with Crippen molar-refractivity contribution in [2.45, 2.75) is 25.7 Å². The van der Waals surface area contributed by atoms with Crippen LogP contribution in [0.25, 0.3) is 0 Å². The van der Waals surface area contributed by atoms with Crippen molar-refractivity contribution in [3.8, 4) is 0 Å². The quantitative estimate of drug-likeness (QED) is 0.419. The molecular formula is C11H16N2O3. The smallest absolute Gasteiger partial charge is 0.313 e. The number of Topliss-reactive ketones (excluding diaryl/α,β-unsaturated/α-hetero) is 1. The third kappa shape index (κ3) is 2.92. The normalized spacial score (nSPS) is 20.4. The number of allylic oxidation sites excluding steroid dienone is 2. The lowest BCUT2D eigenvalue weighted by Gasteiger charge is -2.22. The summed E-state index contributed by atoms with van der Waals surface area (Å²) < 4.78 is 4.44. The maximum Gasteiger partial charge on any atom is 0.313 e. The van der Waals surface area contributed by atoms with Gasteiger partial charge in [0.15, 0.2) is 0 Å². The fourth-order valence-electron chi connectivity index (χ4n) is 1.77. The molecule has 0 saturated heterocycles. The highest BCUT2D eigenvalue weighted by Gasteiger charge is 2.26. The Morgan fingerprint density at radius 3 is 2.88 bits per heavy atom. The van der Waals surface area contributed by atoms with E-state index >= 15 is 0 Å². The molecule has 0 aromatic heterocycles. The number of rotatable bonds is 4. The number of carbonyl (C=O) groups is 2. The van der Waals surface area contributed by atoms with Gasteiger partial charge < -0.3 is 15.9 Å². The molecule has 1 unspecified atom stereocenters. The first-order chi connectivity index (χ1) is 7.58. The van der Waals surface area contributed by atoms with Crippen LogP contribution in [0.2, 0.25) is 0 Å². The van der Waals surface area contributed by atoms with Crippen molar-refractivity contribution in [3.05, 3.63) is 11.3 Å². The van der Waals surface area contributed by atoms with E-state index in [-0.39, 0.29) is 18.1 Å². The molecule has 5 nitrogen and oxygen atoms in total. The van der Waals surface area contributed by atoms with Crippen molar-refractivity contribution < 1.29 is 14.3 Å². The largest absolute Gasteiger partial charge is 0.469 e. The van der Waals surface area contributed by atoms with Gasteiger partial charge in [0.1, 0.15) is 12.2 Å². The van der Waals surface area contributed by atoms with E-state index in [0.29, 0.717) is 30.5 Å². The number of hydrogen-bond donors (Lipinski definition) is 2. The summed E-state index contributed by atoms with van der Waals surface area (Å²) in [4.78, 5) is 22.7. The second-order valence-electron chi connectivity index (χ2n) is 3.85. The third-order valence-corrected chi connectivity index (χ3v) is 2.82. The predicted octanol–water partition coefficient (Wildman–Crippen LogP) is 0.781. The Morgan fingerprint density at radius 2 is 2.31 bits per heavy atom. The van der Waals surface area contributed by atoms with Crippen molar-refractivity contribution in [3.63, 3.8) is 0 Å². The Kier molecular flexibility index (Phi) is 4.22. The second-order valence-corrected chi connectivity index (χ2v) is 3.85. The molecule has 0 amide bonds.